The van der Waals surface area contributed by atoms with Crippen LogP contribution in [0.1, 0.15) is 0 Å². The quantitative estimate of drug-likeness (QED) is 0.803. The van der Waals surface area contributed by atoms with Crippen LogP contribution in [0.25, 0.3) is 5.69 Å². The molecule has 0 fully saturated rings. The minimum atomic E-state index is -0.267. The van der Waals surface area contributed by atoms with Gasteiger partial charge in [-0.3, -0.25) is 0 Å². The number of amides is 2. The smallest absolute Gasteiger partial charge is 0.319 e. The number of aromatic nitrogens is 2. The molecule has 1 aromatic carbocycles. The van der Waals surface area contributed by atoms with Crippen LogP contribution < -0.4 is 10.6 Å². The molecule has 2 aromatic rings. The predicted octanol–water partition coefficient (Wildman–Crippen LogP) is 1.64. The second kappa shape index (κ2) is 6.55. The van der Waals surface area contributed by atoms with Gasteiger partial charge >= 0.3 is 6.03 Å². The van der Waals surface area contributed by atoms with Gasteiger partial charge in [-0.15, -0.1) is 0 Å². The molecule has 0 aliphatic rings. The van der Waals surface area contributed by atoms with Crippen LogP contribution in [0.2, 0.25) is 0 Å². The van der Waals surface area contributed by atoms with Crippen molar-refractivity contribution in [2.75, 3.05) is 25.6 Å². The van der Waals surface area contributed by atoms with Gasteiger partial charge in [0, 0.05) is 26.0 Å². The average molecular weight is 260 g/mol. The maximum absolute atomic E-state index is 11.7. The maximum Gasteiger partial charge on any atom is 0.319 e. The SMILES string of the molecule is COCCNC(=O)Nc1ccccc1-n1cccn1. The van der Waals surface area contributed by atoms with Crippen molar-refractivity contribution in [2.45, 2.75) is 0 Å². The Morgan fingerprint density at radius 1 is 1.37 bits per heavy atom. The minimum absolute atomic E-state index is 0.267. The van der Waals surface area contributed by atoms with Crippen LogP contribution in [0.15, 0.2) is 42.7 Å². The topological polar surface area (TPSA) is 68.2 Å². The van der Waals surface area contributed by atoms with E-state index in [0.717, 1.165) is 5.69 Å². The molecule has 0 aliphatic carbocycles. The summed E-state index contributed by atoms with van der Waals surface area (Å²) < 4.78 is 6.57. The Balaban J connectivity index is 2.06. The Morgan fingerprint density at radius 2 is 2.21 bits per heavy atom. The fraction of sp³-hybridized carbons (Fsp3) is 0.231. The molecule has 0 spiro atoms. The van der Waals surface area contributed by atoms with E-state index in [9.17, 15) is 4.79 Å². The van der Waals surface area contributed by atoms with E-state index in [0.29, 0.717) is 18.8 Å². The van der Waals surface area contributed by atoms with Gasteiger partial charge in [-0.1, -0.05) is 12.1 Å². The van der Waals surface area contributed by atoms with Crippen LogP contribution in [-0.2, 0) is 4.74 Å². The van der Waals surface area contributed by atoms with Crippen LogP contribution in [0.3, 0.4) is 0 Å². The van der Waals surface area contributed by atoms with Crippen molar-refractivity contribution in [2.24, 2.45) is 0 Å². The Hall–Kier alpha value is -2.34. The van der Waals surface area contributed by atoms with Crippen molar-refractivity contribution in [1.29, 1.82) is 0 Å². The second-order valence-corrected chi connectivity index (χ2v) is 3.84. The monoisotopic (exact) mass is 260 g/mol. The molecule has 6 nitrogen and oxygen atoms in total. The predicted molar refractivity (Wildman–Crippen MR) is 72.5 cm³/mol. The summed E-state index contributed by atoms with van der Waals surface area (Å²) in [6, 6.07) is 9.03. The van der Waals surface area contributed by atoms with E-state index in [1.54, 1.807) is 18.0 Å². The Labute approximate surface area is 111 Å². The molecule has 0 radical (unpaired) electrons. The average Bonchev–Trinajstić information content (AvgIpc) is 2.93. The lowest BCUT2D eigenvalue weighted by Crippen LogP contribution is -2.31. The summed E-state index contributed by atoms with van der Waals surface area (Å²) in [4.78, 5) is 11.7. The Kier molecular flexibility index (Phi) is 4.52. The number of nitrogens with zero attached hydrogens (tertiary/aromatic N) is 2. The molecule has 6 heteroatoms. The highest BCUT2D eigenvalue weighted by atomic mass is 16.5. The van der Waals surface area contributed by atoms with E-state index in [1.165, 1.54) is 0 Å². The third kappa shape index (κ3) is 3.56. The fourth-order valence-corrected chi connectivity index (χ4v) is 1.62. The molecule has 2 rings (SSSR count). The van der Waals surface area contributed by atoms with Crippen molar-refractivity contribution < 1.29 is 9.53 Å². The zero-order chi connectivity index (χ0) is 13.5. The molecule has 2 N–H and O–H groups in total. The van der Waals surface area contributed by atoms with Crippen LogP contribution in [-0.4, -0.2) is 36.1 Å². The number of methoxy groups -OCH3 is 1. The van der Waals surface area contributed by atoms with Gasteiger partial charge in [0.05, 0.1) is 18.0 Å². The number of anilines is 1. The first kappa shape index (κ1) is 13.1. The van der Waals surface area contributed by atoms with E-state index in [1.807, 2.05) is 36.5 Å². The van der Waals surface area contributed by atoms with E-state index in [-0.39, 0.29) is 6.03 Å². The summed E-state index contributed by atoms with van der Waals surface area (Å²) in [5, 5.41) is 9.65. The number of carbonyl (C=O) groups is 1. The summed E-state index contributed by atoms with van der Waals surface area (Å²) in [6.45, 7) is 0.945. The molecule has 1 aromatic heterocycles. The van der Waals surface area contributed by atoms with Crippen molar-refractivity contribution in [3.05, 3.63) is 42.7 Å². The van der Waals surface area contributed by atoms with Crippen LogP contribution >= 0.6 is 0 Å². The molecule has 1 heterocycles. The lowest BCUT2D eigenvalue weighted by atomic mass is 10.2. The number of benzene rings is 1. The number of hydrogen-bond donors (Lipinski definition) is 2. The van der Waals surface area contributed by atoms with Gasteiger partial charge in [-0.2, -0.15) is 5.10 Å². The van der Waals surface area contributed by atoms with E-state index in [4.69, 9.17) is 4.74 Å². The summed E-state index contributed by atoms with van der Waals surface area (Å²) in [5.41, 5.74) is 1.51. The first-order chi connectivity index (χ1) is 9.31. The van der Waals surface area contributed by atoms with Gasteiger partial charge in [0.2, 0.25) is 0 Å². The molecule has 19 heavy (non-hydrogen) atoms. The lowest BCUT2D eigenvalue weighted by Gasteiger charge is -2.11. The molecular weight excluding hydrogens is 244 g/mol. The molecule has 0 saturated carbocycles. The highest BCUT2D eigenvalue weighted by molar-refractivity contribution is 5.91. The number of nitrogens with one attached hydrogen (secondary N) is 2. The van der Waals surface area contributed by atoms with Crippen molar-refractivity contribution in [1.82, 2.24) is 15.1 Å². The summed E-state index contributed by atoms with van der Waals surface area (Å²) in [6.07, 6.45) is 3.51. The highest BCUT2D eigenvalue weighted by Crippen LogP contribution is 2.18. The first-order valence-corrected chi connectivity index (χ1v) is 5.94. The summed E-state index contributed by atoms with van der Waals surface area (Å²) in [5.74, 6) is 0. The second-order valence-electron chi connectivity index (χ2n) is 3.84. The molecule has 100 valence electrons. The van der Waals surface area contributed by atoms with Gasteiger partial charge in [0.1, 0.15) is 0 Å². The zero-order valence-corrected chi connectivity index (χ0v) is 10.7. The fourth-order valence-electron chi connectivity index (χ4n) is 1.62. The van der Waals surface area contributed by atoms with Gasteiger partial charge in [0.25, 0.3) is 0 Å². The minimum Gasteiger partial charge on any atom is -0.383 e. The Bertz CT molecular complexity index is 525. The van der Waals surface area contributed by atoms with Gasteiger partial charge in [-0.25, -0.2) is 9.48 Å². The molecule has 2 amide bonds. The zero-order valence-electron chi connectivity index (χ0n) is 10.7. The number of rotatable bonds is 5. The standard InChI is InChI=1S/C13H16N4O2/c1-19-10-8-14-13(18)16-11-5-2-3-6-12(11)17-9-4-7-15-17/h2-7,9H,8,10H2,1H3,(H2,14,16,18). The largest absolute Gasteiger partial charge is 0.383 e. The van der Waals surface area contributed by atoms with E-state index < -0.39 is 0 Å². The molecule has 0 atom stereocenters. The van der Waals surface area contributed by atoms with Crippen LogP contribution in [0.5, 0.6) is 0 Å². The number of para-hydroxylation sites is 2. The summed E-state index contributed by atoms with van der Waals surface area (Å²) in [7, 11) is 1.59. The maximum atomic E-state index is 11.7. The summed E-state index contributed by atoms with van der Waals surface area (Å²) >= 11 is 0. The first-order valence-electron chi connectivity index (χ1n) is 5.94. The molecule has 0 unspecified atom stereocenters. The number of urea groups is 1. The molecular formula is C13H16N4O2. The van der Waals surface area contributed by atoms with Crippen LogP contribution in [0, 0.1) is 0 Å². The van der Waals surface area contributed by atoms with Crippen molar-refractivity contribution >= 4 is 11.7 Å². The van der Waals surface area contributed by atoms with Crippen molar-refractivity contribution in [3.8, 4) is 5.69 Å². The molecule has 0 saturated heterocycles. The van der Waals surface area contributed by atoms with E-state index >= 15 is 0 Å². The van der Waals surface area contributed by atoms with Gasteiger partial charge in [0.15, 0.2) is 0 Å². The van der Waals surface area contributed by atoms with E-state index in [2.05, 4.69) is 15.7 Å². The van der Waals surface area contributed by atoms with Crippen molar-refractivity contribution in [3.63, 3.8) is 0 Å². The van der Waals surface area contributed by atoms with Gasteiger partial charge < -0.3 is 15.4 Å². The molecule has 0 aliphatic heterocycles. The number of hydrogen-bond acceptors (Lipinski definition) is 3. The third-order valence-electron chi connectivity index (χ3n) is 2.50. The Morgan fingerprint density at radius 3 is 2.95 bits per heavy atom. The highest BCUT2D eigenvalue weighted by Gasteiger charge is 2.07. The molecule has 0 bridgehead atoms. The lowest BCUT2D eigenvalue weighted by molar-refractivity contribution is 0.198. The third-order valence-corrected chi connectivity index (χ3v) is 2.50. The van der Waals surface area contributed by atoms with Crippen LogP contribution in [0.4, 0.5) is 10.5 Å². The van der Waals surface area contributed by atoms with Gasteiger partial charge in [-0.05, 0) is 18.2 Å². The normalized spacial score (nSPS) is 10.2. The number of ether oxygens (including phenoxy) is 1. The number of carbonyl (C=O) groups excluding carboxylic acids is 1.